The molecule has 24 heteroatoms. The van der Waals surface area contributed by atoms with Gasteiger partial charge in [0, 0.05) is 93.2 Å². The third-order valence-corrected chi connectivity index (χ3v) is 15.7. The van der Waals surface area contributed by atoms with Gasteiger partial charge in [-0.1, -0.05) is 31.2 Å². The molecule has 1 saturated heterocycles. The number of hydrogen-bond donors (Lipinski definition) is 0. The van der Waals surface area contributed by atoms with E-state index < -0.39 is 18.3 Å². The second kappa shape index (κ2) is 25.6. The molecule has 6 heterocycles. The Morgan fingerprint density at radius 2 is 1.39 bits per heavy atom. The lowest BCUT2D eigenvalue weighted by atomic mass is 9.92. The van der Waals surface area contributed by atoms with Crippen LogP contribution in [0.4, 0.5) is 36.4 Å². The van der Waals surface area contributed by atoms with Crippen LogP contribution < -0.4 is 28.4 Å². The van der Waals surface area contributed by atoms with Crippen molar-refractivity contribution in [1.82, 2.24) is 39.0 Å². The average Bonchev–Trinajstić information content (AvgIpc) is 2.96. The van der Waals surface area contributed by atoms with Crippen LogP contribution in [0.15, 0.2) is 114 Å². The van der Waals surface area contributed by atoms with E-state index in [1.54, 1.807) is 100.0 Å². The number of nitrogens with zero attached hydrogens (tertiary/aromatic N) is 13. The van der Waals surface area contributed by atoms with E-state index in [4.69, 9.17) is 33.7 Å². The Hall–Kier alpha value is -10.1. The molecule has 0 aliphatic carbocycles. The molecule has 7 aromatic rings. The third-order valence-electron chi connectivity index (χ3n) is 15.7. The van der Waals surface area contributed by atoms with E-state index in [1.807, 2.05) is 42.4 Å². The van der Waals surface area contributed by atoms with Crippen LogP contribution in [0.3, 0.4) is 0 Å². The standard InChI is InChI=1S/C61H66N13O11/c1-39-19-23-73(54(75)18-22-62)34-50(39)71(6)56-46-21-25-74(57(46)64-37-63-56)58(76)67(2)26-27-68(3)59(77)81-35-40-8-13-44(14-9-40)65-66-45-15-10-41(11-16-45)36-82-60(78)69(4)28-29-70(5)61(79)85-55-48-33-72-24-20-43-31-52-53(84-38-83-52)32-47(43)49(72)30-42(48)12-17-51(55)80-7/h8-17,21,25,30-33,37,39,50H,18-20,23-24,26-29,34-36,38H2,1-7H3/q+1/b66-65+/t39-,50+/m1/s1. The normalized spacial score (nSPS) is 14.9. The molecular formula is C61H66N13O11+. The van der Waals surface area contributed by atoms with Gasteiger partial charge >= 0.3 is 24.3 Å². The number of hydrogen-bond acceptors (Lipinski definition) is 17. The number of carbonyl (C=O) groups excluding carboxylic acids is 5. The number of aryl methyl sites for hydroxylation is 2. The Morgan fingerprint density at radius 1 is 0.765 bits per heavy atom. The highest BCUT2D eigenvalue weighted by Gasteiger charge is 2.34. The molecule has 1 fully saturated rings. The predicted octanol–water partition coefficient (Wildman–Crippen LogP) is 8.70. The first-order valence-corrected chi connectivity index (χ1v) is 27.8. The van der Waals surface area contributed by atoms with E-state index >= 15 is 0 Å². The molecule has 3 aromatic heterocycles. The summed E-state index contributed by atoms with van der Waals surface area (Å²) in [5.41, 5.74) is 6.30. The Balaban J connectivity index is 0.637. The number of likely N-dealkylation sites (tertiary alicyclic amines) is 1. The van der Waals surface area contributed by atoms with Crippen LogP contribution >= 0.6 is 0 Å². The molecule has 3 aliphatic rings. The molecule has 0 saturated carbocycles. The molecule has 5 amide bonds. The molecule has 0 radical (unpaired) electrons. The highest BCUT2D eigenvalue weighted by atomic mass is 16.7. The van der Waals surface area contributed by atoms with E-state index in [1.165, 1.54) is 43.2 Å². The number of methoxy groups -OCH3 is 1. The van der Waals surface area contributed by atoms with Crippen molar-refractivity contribution in [3.8, 4) is 40.3 Å². The molecule has 24 nitrogen and oxygen atoms in total. The lowest BCUT2D eigenvalue weighted by Gasteiger charge is -2.42. The van der Waals surface area contributed by atoms with Crippen molar-refractivity contribution >= 4 is 69.2 Å². The largest absolute Gasteiger partial charge is 0.493 e. The zero-order valence-corrected chi connectivity index (χ0v) is 48.5. The number of fused-ring (bicyclic) bond motifs is 6. The Labute approximate surface area is 490 Å². The Morgan fingerprint density at radius 3 is 2.02 bits per heavy atom. The highest BCUT2D eigenvalue weighted by molar-refractivity contribution is 5.95. The maximum atomic E-state index is 13.7. The fourth-order valence-electron chi connectivity index (χ4n) is 10.4. The van der Waals surface area contributed by atoms with Gasteiger partial charge in [-0.2, -0.15) is 20.1 Å². The minimum atomic E-state index is -0.616. The first-order valence-electron chi connectivity index (χ1n) is 27.8. The minimum Gasteiger partial charge on any atom is -0.493 e. The fourth-order valence-corrected chi connectivity index (χ4v) is 10.4. The van der Waals surface area contributed by atoms with Crippen LogP contribution in [0.25, 0.3) is 33.1 Å². The number of carbonyl (C=O) groups is 5. The molecule has 0 N–H and O–H groups in total. The second-order valence-electron chi connectivity index (χ2n) is 21.3. The van der Waals surface area contributed by atoms with E-state index in [0.717, 1.165) is 52.9 Å². The van der Waals surface area contributed by atoms with Gasteiger partial charge in [0.2, 0.25) is 18.4 Å². The third kappa shape index (κ3) is 12.9. The molecule has 85 heavy (non-hydrogen) atoms. The number of rotatable bonds is 17. The van der Waals surface area contributed by atoms with Gasteiger partial charge in [0.25, 0.3) is 0 Å². The summed E-state index contributed by atoms with van der Waals surface area (Å²) in [4.78, 5) is 84.1. The molecule has 10 rings (SSSR count). The van der Waals surface area contributed by atoms with Crippen LogP contribution in [0.5, 0.6) is 23.0 Å². The quantitative estimate of drug-likeness (QED) is 0.0611. The van der Waals surface area contributed by atoms with Crippen LogP contribution in [0, 0.1) is 17.2 Å². The zero-order valence-electron chi connectivity index (χ0n) is 48.5. The summed E-state index contributed by atoms with van der Waals surface area (Å²) < 4.78 is 37.6. The summed E-state index contributed by atoms with van der Waals surface area (Å²) in [5.74, 6) is 2.86. The zero-order chi connectivity index (χ0) is 59.9. The SMILES string of the molecule is COc1ccc2cc3[n+](cc2c1OC(=O)N(C)CCN(C)C(=O)OCc1ccc(/N=N/c2ccc(COC(=O)N(C)CCN(C)C(=O)n4ccc5c(N(C)[C@H]6CN(C(=O)CC#N)CC[C@H]6C)ncnc54)cc2)cc1)CCc1cc2c(cc1-3)OCO2. The summed E-state index contributed by atoms with van der Waals surface area (Å²) in [7, 11) is 9.88. The fraction of sp³-hybridized carbons (Fsp3) is 0.361. The van der Waals surface area contributed by atoms with Crippen molar-refractivity contribution in [1.29, 1.82) is 5.26 Å². The molecule has 0 bridgehead atoms. The number of pyridine rings is 1. The number of piperidine rings is 1. The number of nitriles is 1. The number of azo groups is 1. The predicted molar refractivity (Wildman–Crippen MR) is 311 cm³/mol. The Kier molecular flexibility index (Phi) is 17.5. The number of amides is 5. The van der Waals surface area contributed by atoms with Gasteiger partial charge in [0.15, 0.2) is 41.4 Å². The summed E-state index contributed by atoms with van der Waals surface area (Å²) in [6, 6.07) is 27.3. The van der Waals surface area contributed by atoms with E-state index in [9.17, 15) is 24.0 Å². The molecule has 3 aliphatic heterocycles. The number of likely N-dealkylation sites (N-methyl/N-ethyl adjacent to an activating group) is 5. The number of aromatic nitrogens is 4. The Bertz CT molecular complexity index is 3740. The van der Waals surface area contributed by atoms with Crippen molar-refractivity contribution < 1.29 is 57.0 Å². The van der Waals surface area contributed by atoms with Crippen molar-refractivity contribution in [2.45, 2.75) is 52.0 Å². The van der Waals surface area contributed by atoms with Crippen molar-refractivity contribution in [2.24, 2.45) is 16.1 Å². The average molecular weight is 1160 g/mol. The van der Waals surface area contributed by atoms with Gasteiger partial charge in [0.05, 0.1) is 46.9 Å². The highest BCUT2D eigenvalue weighted by Crippen LogP contribution is 2.42. The van der Waals surface area contributed by atoms with E-state index in [0.29, 0.717) is 64.0 Å². The maximum absolute atomic E-state index is 13.7. The van der Waals surface area contributed by atoms with Gasteiger partial charge < -0.3 is 57.8 Å². The summed E-state index contributed by atoms with van der Waals surface area (Å²) in [6.45, 7) is 4.88. The lowest BCUT2D eigenvalue weighted by Crippen LogP contribution is -2.52. The topological polar surface area (TPSA) is 243 Å². The van der Waals surface area contributed by atoms with Crippen LogP contribution in [-0.2, 0) is 40.4 Å². The smallest absolute Gasteiger partial charge is 0.415 e. The van der Waals surface area contributed by atoms with Gasteiger partial charge in [0.1, 0.15) is 31.8 Å². The van der Waals surface area contributed by atoms with Crippen LogP contribution in [0.1, 0.15) is 36.5 Å². The first-order chi connectivity index (χ1) is 41.1. The molecule has 440 valence electrons. The van der Waals surface area contributed by atoms with Crippen LogP contribution in [0.2, 0.25) is 0 Å². The lowest BCUT2D eigenvalue weighted by molar-refractivity contribution is -0.686. The molecule has 4 aromatic carbocycles. The van der Waals surface area contributed by atoms with Crippen molar-refractivity contribution in [3.63, 3.8) is 0 Å². The van der Waals surface area contributed by atoms with Crippen molar-refractivity contribution in [2.75, 3.05) is 93.3 Å². The summed E-state index contributed by atoms with van der Waals surface area (Å²) in [5, 5.41) is 20.0. The molecule has 0 spiro atoms. The maximum Gasteiger partial charge on any atom is 0.415 e. The monoisotopic (exact) mass is 1160 g/mol. The minimum absolute atomic E-state index is 0.0111. The summed E-state index contributed by atoms with van der Waals surface area (Å²) >= 11 is 0. The van der Waals surface area contributed by atoms with E-state index in [-0.39, 0.29) is 76.5 Å². The van der Waals surface area contributed by atoms with Gasteiger partial charge in [-0.15, -0.1) is 0 Å². The van der Waals surface area contributed by atoms with Crippen LogP contribution in [-0.4, -0.2) is 164 Å². The summed E-state index contributed by atoms with van der Waals surface area (Å²) in [6.07, 6.45) is 4.71. The number of anilines is 1. The molecule has 2 atom stereocenters. The second-order valence-corrected chi connectivity index (χ2v) is 21.3. The van der Waals surface area contributed by atoms with Gasteiger partial charge in [-0.3, -0.25) is 9.36 Å². The number of ether oxygens (including phenoxy) is 6. The van der Waals surface area contributed by atoms with E-state index in [2.05, 4.69) is 37.8 Å². The molecular weight excluding hydrogens is 1090 g/mol. The van der Waals surface area contributed by atoms with Gasteiger partial charge in [-0.05, 0) is 89.0 Å². The van der Waals surface area contributed by atoms with Crippen molar-refractivity contribution in [3.05, 3.63) is 120 Å². The first kappa shape index (κ1) is 58.2. The number of benzene rings is 4. The van der Waals surface area contributed by atoms with Gasteiger partial charge in [-0.25, -0.2) is 29.1 Å². The molecule has 0 unspecified atom stereocenters.